The number of aromatic nitrogens is 1. The average Bonchev–Trinajstić information content (AvgIpc) is 2.56. The van der Waals surface area contributed by atoms with E-state index in [9.17, 15) is 17.6 Å². The number of hydrogen-bond donors (Lipinski definition) is 3. The summed E-state index contributed by atoms with van der Waals surface area (Å²) in [5, 5.41) is 13.1. The van der Waals surface area contributed by atoms with Crippen molar-refractivity contribution in [3.05, 3.63) is 60.7 Å². The zero-order valence-corrected chi connectivity index (χ0v) is 14.7. The van der Waals surface area contributed by atoms with Gasteiger partial charge in [-0.3, -0.25) is 9.78 Å². The van der Waals surface area contributed by atoms with E-state index < -0.39 is 22.0 Å². The fraction of sp³-hybridized carbons (Fsp3) is 0.250. The van der Waals surface area contributed by atoms with Crippen LogP contribution in [0.2, 0.25) is 0 Å². The minimum Gasteiger partial charge on any atom is -0.480 e. The highest BCUT2D eigenvalue weighted by atomic mass is 32.2. The summed E-state index contributed by atoms with van der Waals surface area (Å²) in [6.45, 7) is 3.55. The molecule has 0 unspecified atom stereocenters. The highest BCUT2D eigenvalue weighted by Crippen LogP contribution is 2.03. The first-order chi connectivity index (χ1) is 11.6. The Morgan fingerprint density at radius 1 is 1.12 bits per heavy atom. The summed E-state index contributed by atoms with van der Waals surface area (Å²) in [6.07, 6.45) is 2.82. The Hall–Kier alpha value is -2.36. The average molecular weight is 370 g/mol. The molecule has 25 heavy (non-hydrogen) atoms. The van der Waals surface area contributed by atoms with Crippen LogP contribution in [0.4, 0.5) is 4.39 Å². The number of rotatable bonds is 3. The molecule has 1 aromatic heterocycles. The van der Waals surface area contributed by atoms with Gasteiger partial charge in [0.25, 0.3) is 0 Å². The Bertz CT molecular complexity index is 726. The van der Waals surface area contributed by atoms with Gasteiger partial charge in [0.2, 0.25) is 10.0 Å². The van der Waals surface area contributed by atoms with Crippen molar-refractivity contribution >= 4 is 16.0 Å². The number of carboxylic acids is 1. The summed E-state index contributed by atoms with van der Waals surface area (Å²) < 4.78 is 33.1. The molecule has 0 aliphatic heterocycles. The number of carbonyl (C=O) groups is 1. The maximum absolute atomic E-state index is 11.9. The normalized spacial score (nSPS) is 11.4. The summed E-state index contributed by atoms with van der Waals surface area (Å²) in [7, 11) is -3.50. The quantitative estimate of drug-likeness (QED) is 0.751. The van der Waals surface area contributed by atoms with Crippen molar-refractivity contribution in [3.63, 3.8) is 0 Å². The molecule has 1 heterocycles. The third-order valence-corrected chi connectivity index (χ3v) is 3.64. The van der Waals surface area contributed by atoms with E-state index in [1.165, 1.54) is 36.7 Å². The van der Waals surface area contributed by atoms with E-state index in [2.05, 4.69) is 4.98 Å². The van der Waals surface area contributed by atoms with Crippen molar-refractivity contribution < 1.29 is 22.7 Å². The molecule has 0 spiro atoms. The molecular weight excluding hydrogens is 348 g/mol. The Labute approximate surface area is 146 Å². The molecule has 2 aromatic rings. The number of sulfonamides is 1. The van der Waals surface area contributed by atoms with Crippen LogP contribution in [0.15, 0.2) is 59.8 Å². The van der Waals surface area contributed by atoms with Crippen LogP contribution in [-0.2, 0) is 14.8 Å². The predicted molar refractivity (Wildman–Crippen MR) is 92.5 cm³/mol. The topological polar surface area (TPSA) is 136 Å². The van der Waals surface area contributed by atoms with Crippen LogP contribution in [0.3, 0.4) is 0 Å². The van der Waals surface area contributed by atoms with Crippen LogP contribution < -0.4 is 10.9 Å². The SMILES string of the molecule is CC(C)[C@H](N)C(=O)O.NS(=O)(=O)c1ccccc1.[18F]c1ccncc1. The molecule has 0 aliphatic carbocycles. The van der Waals surface area contributed by atoms with Gasteiger partial charge in [-0.15, -0.1) is 0 Å². The molecule has 138 valence electrons. The number of pyridine rings is 1. The zero-order chi connectivity index (χ0) is 19.5. The van der Waals surface area contributed by atoms with Gasteiger partial charge in [0, 0.05) is 12.4 Å². The van der Waals surface area contributed by atoms with Gasteiger partial charge in [0.05, 0.1) is 4.90 Å². The molecule has 0 bridgehead atoms. The Morgan fingerprint density at radius 2 is 1.60 bits per heavy atom. The molecule has 0 saturated heterocycles. The van der Waals surface area contributed by atoms with Crippen LogP contribution >= 0.6 is 0 Å². The number of hydrogen-bond acceptors (Lipinski definition) is 5. The fourth-order valence-corrected chi connectivity index (χ4v) is 1.77. The molecule has 7 nitrogen and oxygen atoms in total. The number of halogens is 1. The van der Waals surface area contributed by atoms with E-state index in [1.54, 1.807) is 32.0 Å². The van der Waals surface area contributed by atoms with E-state index in [1.807, 2.05) is 0 Å². The lowest BCUT2D eigenvalue weighted by Crippen LogP contribution is -2.34. The van der Waals surface area contributed by atoms with Gasteiger partial charge < -0.3 is 10.8 Å². The summed E-state index contributed by atoms with van der Waals surface area (Å²) in [5.41, 5.74) is 5.16. The van der Waals surface area contributed by atoms with Gasteiger partial charge in [-0.25, -0.2) is 17.9 Å². The molecule has 0 amide bonds. The number of nitrogens with zero attached hydrogens (tertiary/aromatic N) is 1. The van der Waals surface area contributed by atoms with Crippen molar-refractivity contribution in [2.75, 3.05) is 0 Å². The number of nitrogens with two attached hydrogens (primary N) is 2. The van der Waals surface area contributed by atoms with E-state index in [-0.39, 0.29) is 16.6 Å². The first kappa shape index (κ1) is 22.6. The molecule has 0 saturated carbocycles. The largest absolute Gasteiger partial charge is 0.480 e. The fourth-order valence-electron chi connectivity index (χ4n) is 1.23. The Kier molecular flexibility index (Phi) is 10.2. The standard InChI is InChI=1S/C6H7NO2S.C5H4FN.C5H11NO2/c7-10(8,9)6-4-2-1-3-5-6;6-5-1-3-7-4-2-5;1-3(2)4(6)5(7)8/h1-5H,(H2,7,8,9);1-4H;3-4H,6H2,1-2H3,(H,7,8)/t;;4-/m..0/s1/i;6-1;. The van der Waals surface area contributed by atoms with E-state index in [0.717, 1.165) is 0 Å². The second-order valence-electron chi connectivity index (χ2n) is 5.13. The molecular formula is C16H22FN3O4S. The molecule has 1 aromatic carbocycles. The Morgan fingerprint density at radius 3 is 1.80 bits per heavy atom. The van der Waals surface area contributed by atoms with Crippen molar-refractivity contribution in [1.82, 2.24) is 4.98 Å². The lowest BCUT2D eigenvalue weighted by Gasteiger charge is -2.07. The second kappa shape index (κ2) is 11.2. The van der Waals surface area contributed by atoms with Crippen molar-refractivity contribution in [2.45, 2.75) is 24.8 Å². The predicted octanol–water partition coefficient (Wildman–Crippen LogP) is 1.61. The van der Waals surface area contributed by atoms with Gasteiger partial charge in [-0.05, 0) is 30.2 Å². The number of primary sulfonamides is 1. The summed E-state index contributed by atoms with van der Waals surface area (Å²) >= 11 is 0. The van der Waals surface area contributed by atoms with Crippen LogP contribution in [0.5, 0.6) is 0 Å². The summed E-state index contributed by atoms with van der Waals surface area (Å²) in [4.78, 5) is 13.8. The lowest BCUT2D eigenvalue weighted by atomic mass is 10.1. The number of carboxylic acid groups (broad SMARTS) is 1. The van der Waals surface area contributed by atoms with E-state index in [0.29, 0.717) is 0 Å². The molecule has 9 heteroatoms. The maximum atomic E-state index is 11.9. The first-order valence-corrected chi connectivity index (χ1v) is 8.72. The number of benzene rings is 1. The molecule has 1 atom stereocenters. The number of aliphatic carboxylic acids is 1. The van der Waals surface area contributed by atoms with Crippen molar-refractivity contribution in [3.8, 4) is 0 Å². The molecule has 0 fully saturated rings. The van der Waals surface area contributed by atoms with Crippen LogP contribution in [0, 0.1) is 11.7 Å². The van der Waals surface area contributed by atoms with Gasteiger partial charge in [0.15, 0.2) is 0 Å². The van der Waals surface area contributed by atoms with Crippen molar-refractivity contribution in [2.24, 2.45) is 16.8 Å². The monoisotopic (exact) mass is 370 g/mol. The molecule has 0 radical (unpaired) electrons. The smallest absolute Gasteiger partial charge is 0.320 e. The highest BCUT2D eigenvalue weighted by molar-refractivity contribution is 7.89. The van der Waals surface area contributed by atoms with Crippen LogP contribution in [0.25, 0.3) is 0 Å². The molecule has 0 aliphatic rings. The lowest BCUT2D eigenvalue weighted by molar-refractivity contribution is -0.139. The maximum Gasteiger partial charge on any atom is 0.320 e. The second-order valence-corrected chi connectivity index (χ2v) is 6.69. The van der Waals surface area contributed by atoms with Crippen molar-refractivity contribution in [1.29, 1.82) is 0 Å². The molecule has 5 N–H and O–H groups in total. The van der Waals surface area contributed by atoms with E-state index >= 15 is 0 Å². The summed E-state index contributed by atoms with van der Waals surface area (Å²) in [6, 6.07) is 9.79. The van der Waals surface area contributed by atoms with Gasteiger partial charge in [-0.2, -0.15) is 0 Å². The first-order valence-electron chi connectivity index (χ1n) is 7.17. The minimum absolute atomic E-state index is 0.0208. The highest BCUT2D eigenvalue weighted by Gasteiger charge is 2.14. The third kappa shape index (κ3) is 10.9. The van der Waals surface area contributed by atoms with Gasteiger partial charge >= 0.3 is 5.97 Å². The third-order valence-electron chi connectivity index (χ3n) is 2.71. The summed E-state index contributed by atoms with van der Waals surface area (Å²) in [5.74, 6) is -1.15. The van der Waals surface area contributed by atoms with Gasteiger partial charge in [-0.1, -0.05) is 32.0 Å². The minimum atomic E-state index is -3.50. The Balaban J connectivity index is 0.000000352. The van der Waals surface area contributed by atoms with Crippen LogP contribution in [-0.4, -0.2) is 30.5 Å². The van der Waals surface area contributed by atoms with E-state index in [4.69, 9.17) is 16.0 Å². The zero-order valence-electron chi connectivity index (χ0n) is 13.9. The van der Waals surface area contributed by atoms with Gasteiger partial charge in [0.1, 0.15) is 11.9 Å². The van der Waals surface area contributed by atoms with Crippen LogP contribution in [0.1, 0.15) is 13.8 Å². The molecule has 2 rings (SSSR count).